The Morgan fingerprint density at radius 3 is 2.79 bits per heavy atom. The predicted octanol–water partition coefficient (Wildman–Crippen LogP) is 4.67. The van der Waals surface area contributed by atoms with Crippen LogP contribution in [0.25, 0.3) is 10.9 Å². The highest BCUT2D eigenvalue weighted by molar-refractivity contribution is 5.98. The molecule has 0 unspecified atom stereocenters. The average molecular weight is 440 g/mol. The van der Waals surface area contributed by atoms with Crippen LogP contribution in [-0.4, -0.2) is 41.0 Å². The van der Waals surface area contributed by atoms with Crippen LogP contribution in [0, 0.1) is 0 Å². The number of nitrogens with zero attached hydrogens (tertiary/aromatic N) is 2. The Hall–Kier alpha value is -3.67. The number of hydrogen-bond donors (Lipinski definition) is 3. The standard InChI is InChI=1S/C27H29N5O/c1-2-18-6-9-23-22(15-18)30-27(24-5-3-4-12-32(23)24)10-13-31(14-11-27)26(33)19-7-8-21-20(16-19)17-25(28)29-21/h3-9,15-17,29-30H,2,10-14,28H2,1H3. The van der Waals surface area contributed by atoms with Crippen molar-refractivity contribution in [1.29, 1.82) is 0 Å². The van der Waals surface area contributed by atoms with Gasteiger partial charge >= 0.3 is 0 Å². The first-order chi connectivity index (χ1) is 16.1. The van der Waals surface area contributed by atoms with Gasteiger partial charge in [-0.25, -0.2) is 0 Å². The zero-order valence-electron chi connectivity index (χ0n) is 18.9. The van der Waals surface area contributed by atoms with E-state index < -0.39 is 0 Å². The summed E-state index contributed by atoms with van der Waals surface area (Å²) >= 11 is 0. The van der Waals surface area contributed by atoms with Crippen LogP contribution in [0.4, 0.5) is 17.2 Å². The minimum Gasteiger partial charge on any atom is -0.385 e. The largest absolute Gasteiger partial charge is 0.385 e. The maximum absolute atomic E-state index is 13.3. The highest BCUT2D eigenvalue weighted by atomic mass is 16.2. The molecule has 1 amide bonds. The molecular formula is C27H29N5O. The summed E-state index contributed by atoms with van der Waals surface area (Å²) in [6, 6.07) is 14.4. The number of benzene rings is 2. The van der Waals surface area contributed by atoms with Gasteiger partial charge in [-0.15, -0.1) is 0 Å². The van der Waals surface area contributed by atoms with Gasteiger partial charge in [0.1, 0.15) is 5.82 Å². The number of anilines is 3. The van der Waals surface area contributed by atoms with Crippen molar-refractivity contribution >= 4 is 34.0 Å². The molecule has 6 nitrogen and oxygen atoms in total. The molecule has 0 atom stereocenters. The molecule has 33 heavy (non-hydrogen) atoms. The predicted molar refractivity (Wildman–Crippen MR) is 135 cm³/mol. The molecule has 4 heterocycles. The quantitative estimate of drug-likeness (QED) is 0.542. The van der Waals surface area contributed by atoms with Gasteiger partial charge in [0.05, 0.1) is 16.9 Å². The van der Waals surface area contributed by atoms with Crippen molar-refractivity contribution in [3.05, 3.63) is 77.5 Å². The van der Waals surface area contributed by atoms with E-state index in [1.807, 2.05) is 29.2 Å². The van der Waals surface area contributed by atoms with E-state index in [0.29, 0.717) is 11.4 Å². The first-order valence-corrected chi connectivity index (χ1v) is 11.8. The number of rotatable bonds is 2. The maximum atomic E-state index is 13.3. The number of carbonyl (C=O) groups is 1. The second kappa shape index (κ2) is 7.44. The molecule has 3 aromatic rings. The number of carbonyl (C=O) groups excluding carboxylic acids is 1. The minimum absolute atomic E-state index is 0.0883. The number of aromatic amines is 1. The van der Waals surface area contributed by atoms with Crippen molar-refractivity contribution in [1.82, 2.24) is 9.88 Å². The smallest absolute Gasteiger partial charge is 0.253 e. The van der Waals surface area contributed by atoms with Gasteiger partial charge in [-0.2, -0.15) is 0 Å². The number of hydrogen-bond acceptors (Lipinski definition) is 4. The van der Waals surface area contributed by atoms with Crippen molar-refractivity contribution < 1.29 is 4.79 Å². The second-order valence-electron chi connectivity index (χ2n) is 9.32. The van der Waals surface area contributed by atoms with Crippen LogP contribution < -0.4 is 16.0 Å². The topological polar surface area (TPSA) is 77.4 Å². The Balaban J connectivity index is 1.27. The van der Waals surface area contributed by atoms with Gasteiger partial charge in [0.2, 0.25) is 0 Å². The van der Waals surface area contributed by atoms with Crippen molar-refractivity contribution in [2.24, 2.45) is 0 Å². The number of aromatic nitrogens is 1. The van der Waals surface area contributed by atoms with E-state index in [4.69, 9.17) is 5.73 Å². The van der Waals surface area contributed by atoms with Crippen LogP contribution in [0.2, 0.25) is 0 Å². The molecule has 6 rings (SSSR count). The maximum Gasteiger partial charge on any atom is 0.253 e. The first kappa shape index (κ1) is 20.0. The molecule has 2 aromatic carbocycles. The van der Waals surface area contributed by atoms with Gasteiger partial charge in [0, 0.05) is 41.8 Å². The number of aryl methyl sites for hydroxylation is 1. The monoisotopic (exact) mass is 439 g/mol. The summed E-state index contributed by atoms with van der Waals surface area (Å²) in [6.45, 7) is 4.52. The van der Waals surface area contributed by atoms with Crippen LogP contribution in [0.15, 0.2) is 66.4 Å². The van der Waals surface area contributed by atoms with Gasteiger partial charge in [0.25, 0.3) is 5.91 Å². The number of piperidine rings is 1. The number of fused-ring (bicyclic) bond motifs is 5. The molecule has 0 aliphatic carbocycles. The fraction of sp³-hybridized carbons (Fsp3) is 0.296. The van der Waals surface area contributed by atoms with Crippen molar-refractivity contribution in [3.63, 3.8) is 0 Å². The lowest BCUT2D eigenvalue weighted by Crippen LogP contribution is -2.57. The summed E-state index contributed by atoms with van der Waals surface area (Å²) in [5.41, 5.74) is 12.5. The Morgan fingerprint density at radius 1 is 1.12 bits per heavy atom. The Bertz CT molecular complexity index is 1310. The van der Waals surface area contributed by atoms with Gasteiger partial charge in [-0.3, -0.25) is 4.79 Å². The van der Waals surface area contributed by atoms with E-state index in [2.05, 4.69) is 58.6 Å². The van der Waals surface area contributed by atoms with Gasteiger partial charge < -0.3 is 25.8 Å². The third-order valence-electron chi connectivity index (χ3n) is 7.39. The summed E-state index contributed by atoms with van der Waals surface area (Å²) in [7, 11) is 0. The molecule has 4 N–H and O–H groups in total. The van der Waals surface area contributed by atoms with Gasteiger partial charge in [-0.05, 0) is 67.3 Å². The van der Waals surface area contributed by atoms with E-state index in [1.54, 1.807) is 0 Å². The van der Waals surface area contributed by atoms with Crippen LogP contribution in [0.5, 0.6) is 0 Å². The molecule has 0 radical (unpaired) electrons. The molecule has 0 saturated carbocycles. The SMILES string of the molecule is CCc1ccc2c(c1)NC1(CCN(C(=O)c3ccc4[nH]c(N)cc4c3)CC1)C1=CC=CCN12. The van der Waals surface area contributed by atoms with Crippen LogP contribution in [-0.2, 0) is 6.42 Å². The molecule has 1 fully saturated rings. The third kappa shape index (κ3) is 3.20. The molecule has 1 saturated heterocycles. The van der Waals surface area contributed by atoms with Crippen LogP contribution in [0.1, 0.15) is 35.7 Å². The average Bonchev–Trinajstić information content (AvgIpc) is 3.23. The highest BCUT2D eigenvalue weighted by Gasteiger charge is 2.45. The molecule has 6 heteroatoms. The Morgan fingerprint density at radius 2 is 1.97 bits per heavy atom. The van der Waals surface area contributed by atoms with Crippen molar-refractivity contribution in [3.8, 4) is 0 Å². The minimum atomic E-state index is -0.153. The molecule has 1 spiro atoms. The molecule has 1 aromatic heterocycles. The fourth-order valence-corrected chi connectivity index (χ4v) is 5.56. The fourth-order valence-electron chi connectivity index (χ4n) is 5.56. The number of H-pyrrole nitrogens is 1. The molecule has 168 valence electrons. The van der Waals surface area contributed by atoms with E-state index in [-0.39, 0.29) is 11.4 Å². The van der Waals surface area contributed by atoms with Crippen molar-refractivity contribution in [2.45, 2.75) is 31.7 Å². The summed E-state index contributed by atoms with van der Waals surface area (Å²) < 4.78 is 0. The van der Waals surface area contributed by atoms with E-state index >= 15 is 0 Å². The third-order valence-corrected chi connectivity index (χ3v) is 7.39. The van der Waals surface area contributed by atoms with E-state index in [0.717, 1.165) is 49.8 Å². The molecule has 3 aliphatic heterocycles. The zero-order valence-corrected chi connectivity index (χ0v) is 18.9. The number of nitrogens with one attached hydrogen (secondary N) is 2. The lowest BCUT2D eigenvalue weighted by Gasteiger charge is -2.52. The van der Waals surface area contributed by atoms with Crippen LogP contribution >= 0.6 is 0 Å². The van der Waals surface area contributed by atoms with E-state index in [9.17, 15) is 4.79 Å². The number of amides is 1. The Kier molecular flexibility index (Phi) is 4.50. The normalized spacial score (nSPS) is 18.6. The van der Waals surface area contributed by atoms with Gasteiger partial charge in [-0.1, -0.05) is 25.1 Å². The van der Waals surface area contributed by atoms with E-state index in [1.165, 1.54) is 22.6 Å². The number of nitrogens with two attached hydrogens (primary N) is 1. The lowest BCUT2D eigenvalue weighted by atomic mass is 9.80. The summed E-state index contributed by atoms with van der Waals surface area (Å²) in [6.07, 6.45) is 9.39. The Labute approximate surface area is 193 Å². The second-order valence-corrected chi connectivity index (χ2v) is 9.32. The number of allylic oxidation sites excluding steroid dienone is 2. The van der Waals surface area contributed by atoms with Crippen molar-refractivity contribution in [2.75, 3.05) is 35.6 Å². The van der Waals surface area contributed by atoms with Gasteiger partial charge in [0.15, 0.2) is 0 Å². The molecular weight excluding hydrogens is 410 g/mol. The number of nitrogen functional groups attached to an aromatic ring is 1. The summed E-state index contributed by atoms with van der Waals surface area (Å²) in [4.78, 5) is 20.9. The number of likely N-dealkylation sites (tertiary alicyclic amines) is 1. The first-order valence-electron chi connectivity index (χ1n) is 11.8. The molecule has 0 bridgehead atoms. The summed E-state index contributed by atoms with van der Waals surface area (Å²) in [5.74, 6) is 0.703. The molecule has 3 aliphatic rings. The van der Waals surface area contributed by atoms with Crippen LogP contribution in [0.3, 0.4) is 0 Å². The highest BCUT2D eigenvalue weighted by Crippen LogP contribution is 2.46. The zero-order chi connectivity index (χ0) is 22.6. The lowest BCUT2D eigenvalue weighted by molar-refractivity contribution is 0.0694. The summed E-state index contributed by atoms with van der Waals surface area (Å²) in [5, 5.41) is 4.88.